The van der Waals surface area contributed by atoms with Crippen molar-refractivity contribution in [1.29, 1.82) is 0 Å². The number of alkyl halides is 3. The van der Waals surface area contributed by atoms with Gasteiger partial charge in [-0.05, 0) is 49.9 Å². The predicted molar refractivity (Wildman–Crippen MR) is 111 cm³/mol. The van der Waals surface area contributed by atoms with E-state index in [9.17, 15) is 28.1 Å². The van der Waals surface area contributed by atoms with Gasteiger partial charge in [-0.3, -0.25) is 14.9 Å². The highest BCUT2D eigenvalue weighted by Crippen LogP contribution is 2.37. The first kappa shape index (κ1) is 22.7. The summed E-state index contributed by atoms with van der Waals surface area (Å²) in [7, 11) is 0. The lowest BCUT2D eigenvalue weighted by atomic mass is 9.99. The zero-order chi connectivity index (χ0) is 23.6. The van der Waals surface area contributed by atoms with Gasteiger partial charge in [0.1, 0.15) is 5.75 Å². The lowest BCUT2D eigenvalue weighted by Crippen LogP contribution is -2.57. The molecule has 2 heterocycles. The van der Waals surface area contributed by atoms with Crippen LogP contribution in [0, 0.1) is 10.1 Å². The SMILES string of the molecule is O=C(N1CCN(c2ccc(C(F)(F)F)nn2)CC1)C1(Oc2ccc([N+](=O)[O-])cc2)CCCC1. The maximum Gasteiger partial charge on any atom is 0.435 e. The van der Waals surface area contributed by atoms with Gasteiger partial charge in [0, 0.05) is 38.3 Å². The van der Waals surface area contributed by atoms with Crippen LogP contribution in [0.15, 0.2) is 36.4 Å². The van der Waals surface area contributed by atoms with Gasteiger partial charge in [0.25, 0.3) is 11.6 Å². The number of hydrogen-bond donors (Lipinski definition) is 0. The minimum atomic E-state index is -4.55. The molecule has 2 aromatic rings. The van der Waals surface area contributed by atoms with Crippen LogP contribution in [0.3, 0.4) is 0 Å². The summed E-state index contributed by atoms with van der Waals surface area (Å²) in [6.07, 6.45) is -1.78. The largest absolute Gasteiger partial charge is 0.477 e. The second kappa shape index (κ2) is 8.83. The molecule has 33 heavy (non-hydrogen) atoms. The van der Waals surface area contributed by atoms with Gasteiger partial charge in [0.2, 0.25) is 0 Å². The molecule has 0 radical (unpaired) electrons. The lowest BCUT2D eigenvalue weighted by molar-refractivity contribution is -0.384. The average molecular weight is 465 g/mol. The maximum absolute atomic E-state index is 13.4. The molecule has 4 rings (SSSR count). The van der Waals surface area contributed by atoms with Crippen molar-refractivity contribution in [2.24, 2.45) is 0 Å². The highest BCUT2D eigenvalue weighted by atomic mass is 19.4. The number of anilines is 1. The number of nitro benzene ring substituents is 1. The molecule has 1 saturated carbocycles. The summed E-state index contributed by atoms with van der Waals surface area (Å²) < 4.78 is 44.2. The molecule has 0 N–H and O–H groups in total. The molecule has 0 bridgehead atoms. The van der Waals surface area contributed by atoms with Crippen molar-refractivity contribution >= 4 is 17.4 Å². The van der Waals surface area contributed by atoms with E-state index >= 15 is 0 Å². The van der Waals surface area contributed by atoms with Crippen LogP contribution in [0.25, 0.3) is 0 Å². The zero-order valence-electron chi connectivity index (χ0n) is 17.6. The fourth-order valence-corrected chi connectivity index (χ4v) is 4.24. The lowest BCUT2D eigenvalue weighted by Gasteiger charge is -2.40. The van der Waals surface area contributed by atoms with Crippen LogP contribution in [-0.4, -0.2) is 57.7 Å². The van der Waals surface area contributed by atoms with Gasteiger partial charge in [0.05, 0.1) is 4.92 Å². The third-order valence-corrected chi connectivity index (χ3v) is 5.99. The molecule has 0 spiro atoms. The standard InChI is InChI=1S/C21H22F3N5O4/c22-21(23,24)17-7-8-18(26-25-17)27-11-13-28(14-12-27)19(30)20(9-1-2-10-20)33-16-5-3-15(4-6-16)29(31)32/h3-8H,1-2,9-14H2. The Kier molecular flexibility index (Phi) is 6.09. The minimum absolute atomic E-state index is 0.0587. The average Bonchev–Trinajstić information content (AvgIpc) is 3.28. The summed E-state index contributed by atoms with van der Waals surface area (Å²) in [5.74, 6) is 0.582. The van der Waals surface area contributed by atoms with Crippen molar-refractivity contribution in [3.63, 3.8) is 0 Å². The molecular formula is C21H22F3N5O4. The second-order valence-electron chi connectivity index (χ2n) is 8.11. The number of nitro groups is 1. The van der Waals surface area contributed by atoms with Crippen molar-refractivity contribution in [1.82, 2.24) is 15.1 Å². The number of nitrogens with zero attached hydrogens (tertiary/aromatic N) is 5. The monoisotopic (exact) mass is 465 g/mol. The molecule has 1 aromatic carbocycles. The van der Waals surface area contributed by atoms with E-state index < -0.39 is 22.4 Å². The molecule has 0 unspecified atom stereocenters. The highest BCUT2D eigenvalue weighted by molar-refractivity contribution is 5.86. The summed E-state index contributed by atoms with van der Waals surface area (Å²) in [5.41, 5.74) is -2.13. The fraction of sp³-hybridized carbons (Fsp3) is 0.476. The number of carbonyl (C=O) groups excluding carboxylic acids is 1. The topological polar surface area (TPSA) is 102 Å². The quantitative estimate of drug-likeness (QED) is 0.492. The molecule has 1 aliphatic carbocycles. The Morgan fingerprint density at radius 3 is 2.15 bits per heavy atom. The van der Waals surface area contributed by atoms with Gasteiger partial charge >= 0.3 is 6.18 Å². The molecule has 0 atom stereocenters. The smallest absolute Gasteiger partial charge is 0.435 e. The second-order valence-corrected chi connectivity index (χ2v) is 8.11. The Balaban J connectivity index is 1.41. The van der Waals surface area contributed by atoms with Gasteiger partial charge in [0.15, 0.2) is 17.1 Å². The van der Waals surface area contributed by atoms with Crippen LogP contribution in [0.2, 0.25) is 0 Å². The normalized spacial score (nSPS) is 18.3. The molecule has 2 aliphatic rings. The van der Waals surface area contributed by atoms with Gasteiger partial charge in [-0.2, -0.15) is 13.2 Å². The molecule has 1 aliphatic heterocycles. The van der Waals surface area contributed by atoms with Crippen LogP contribution in [0.4, 0.5) is 24.7 Å². The molecule has 2 fully saturated rings. The van der Waals surface area contributed by atoms with Gasteiger partial charge in [-0.25, -0.2) is 0 Å². The van der Waals surface area contributed by atoms with Crippen molar-refractivity contribution in [3.05, 3.63) is 52.2 Å². The van der Waals surface area contributed by atoms with E-state index in [2.05, 4.69) is 10.2 Å². The summed E-state index contributed by atoms with van der Waals surface area (Å²) >= 11 is 0. The molecule has 1 amide bonds. The Morgan fingerprint density at radius 1 is 1.00 bits per heavy atom. The number of aromatic nitrogens is 2. The van der Waals surface area contributed by atoms with E-state index in [0.29, 0.717) is 50.6 Å². The summed E-state index contributed by atoms with van der Waals surface area (Å²) in [6.45, 7) is 1.54. The predicted octanol–water partition coefficient (Wildman–Crippen LogP) is 3.44. The molecule has 9 nitrogen and oxygen atoms in total. The third-order valence-electron chi connectivity index (χ3n) is 5.99. The number of non-ortho nitro benzene ring substituents is 1. The van der Waals surface area contributed by atoms with Crippen molar-refractivity contribution in [2.75, 3.05) is 31.1 Å². The third kappa shape index (κ3) is 4.83. The van der Waals surface area contributed by atoms with E-state index in [4.69, 9.17) is 4.74 Å². The summed E-state index contributed by atoms with van der Waals surface area (Å²) in [4.78, 5) is 27.3. The van der Waals surface area contributed by atoms with E-state index in [0.717, 1.165) is 18.9 Å². The van der Waals surface area contributed by atoms with Crippen molar-refractivity contribution in [3.8, 4) is 5.75 Å². The first-order valence-corrected chi connectivity index (χ1v) is 10.6. The van der Waals surface area contributed by atoms with Crippen molar-refractivity contribution in [2.45, 2.75) is 37.5 Å². The number of rotatable bonds is 5. The van der Waals surface area contributed by atoms with E-state index in [1.807, 2.05) is 0 Å². The number of piperazine rings is 1. The van der Waals surface area contributed by atoms with Crippen LogP contribution in [0.5, 0.6) is 5.75 Å². The summed E-state index contributed by atoms with van der Waals surface area (Å²) in [6, 6.07) is 7.84. The van der Waals surface area contributed by atoms with Gasteiger partial charge < -0.3 is 14.5 Å². The Labute approximate surface area is 187 Å². The van der Waals surface area contributed by atoms with Crippen LogP contribution < -0.4 is 9.64 Å². The summed E-state index contributed by atoms with van der Waals surface area (Å²) in [5, 5.41) is 17.8. The number of carbonyl (C=O) groups is 1. The van der Waals surface area contributed by atoms with E-state index in [1.165, 1.54) is 30.3 Å². The first-order valence-electron chi connectivity index (χ1n) is 10.6. The molecule has 12 heteroatoms. The van der Waals surface area contributed by atoms with Crippen LogP contribution in [0.1, 0.15) is 31.4 Å². The van der Waals surface area contributed by atoms with Crippen LogP contribution in [-0.2, 0) is 11.0 Å². The first-order chi connectivity index (χ1) is 15.7. The van der Waals surface area contributed by atoms with Crippen molar-refractivity contribution < 1.29 is 27.6 Å². The number of hydrogen-bond acceptors (Lipinski definition) is 7. The number of ether oxygens (including phenoxy) is 1. The molecular weight excluding hydrogens is 443 g/mol. The fourth-order valence-electron chi connectivity index (χ4n) is 4.24. The van der Waals surface area contributed by atoms with Crippen LogP contribution >= 0.6 is 0 Å². The number of halogens is 3. The molecule has 176 valence electrons. The minimum Gasteiger partial charge on any atom is -0.477 e. The number of amides is 1. The van der Waals surface area contributed by atoms with E-state index in [1.54, 1.807) is 9.80 Å². The number of benzene rings is 1. The Bertz CT molecular complexity index is 1000. The van der Waals surface area contributed by atoms with E-state index in [-0.39, 0.29) is 11.6 Å². The Hall–Kier alpha value is -3.44. The maximum atomic E-state index is 13.4. The molecule has 1 saturated heterocycles. The Morgan fingerprint density at radius 2 is 1.64 bits per heavy atom. The molecule has 1 aromatic heterocycles. The van der Waals surface area contributed by atoms with Gasteiger partial charge in [-0.1, -0.05) is 0 Å². The highest BCUT2D eigenvalue weighted by Gasteiger charge is 2.46. The zero-order valence-corrected chi connectivity index (χ0v) is 17.6. The van der Waals surface area contributed by atoms with Gasteiger partial charge in [-0.15, -0.1) is 10.2 Å².